The summed E-state index contributed by atoms with van der Waals surface area (Å²) in [5.41, 5.74) is 1.49. The van der Waals surface area contributed by atoms with Crippen molar-refractivity contribution in [3.8, 4) is 0 Å². The van der Waals surface area contributed by atoms with Gasteiger partial charge in [-0.1, -0.05) is 37.5 Å². The molecule has 1 nitrogen and oxygen atoms in total. The molecule has 82 valence electrons. The molecule has 2 aliphatic rings. The quantitative estimate of drug-likeness (QED) is 0.671. The summed E-state index contributed by atoms with van der Waals surface area (Å²) < 4.78 is 0. The molecule has 1 unspecified atom stereocenters. The Bertz CT molecular complexity index is 292. The van der Waals surface area contributed by atoms with Crippen molar-refractivity contribution in [2.45, 2.75) is 45.4 Å². The van der Waals surface area contributed by atoms with Crippen LogP contribution in [0.2, 0.25) is 0 Å². The van der Waals surface area contributed by atoms with Gasteiger partial charge in [0.1, 0.15) is 5.78 Å². The van der Waals surface area contributed by atoms with Crippen molar-refractivity contribution in [1.82, 2.24) is 0 Å². The fraction of sp³-hybridized carbons (Fsp3) is 0.643. The molecule has 0 aromatic heterocycles. The molecular formula is C14H20O. The SMILES string of the molecule is CC(=O)C1C=CC(C2CCCCC2)=CC1. The van der Waals surface area contributed by atoms with E-state index in [0.717, 1.165) is 12.3 Å². The second kappa shape index (κ2) is 4.78. The van der Waals surface area contributed by atoms with Crippen LogP contribution in [-0.4, -0.2) is 5.78 Å². The minimum Gasteiger partial charge on any atom is -0.299 e. The smallest absolute Gasteiger partial charge is 0.136 e. The van der Waals surface area contributed by atoms with Crippen LogP contribution in [0.4, 0.5) is 0 Å². The van der Waals surface area contributed by atoms with Gasteiger partial charge in [0.15, 0.2) is 0 Å². The predicted molar refractivity (Wildman–Crippen MR) is 62.6 cm³/mol. The molecule has 0 aromatic carbocycles. The Morgan fingerprint density at radius 2 is 2.00 bits per heavy atom. The number of Topliss-reactive ketones (excluding diaryl/α,β-unsaturated/α-hetero) is 1. The predicted octanol–water partition coefficient (Wildman–Crippen LogP) is 3.66. The van der Waals surface area contributed by atoms with Crippen LogP contribution in [-0.2, 0) is 4.79 Å². The molecule has 2 rings (SSSR count). The summed E-state index contributed by atoms with van der Waals surface area (Å²) in [6.07, 6.45) is 14.4. The summed E-state index contributed by atoms with van der Waals surface area (Å²) in [5.74, 6) is 1.23. The maximum Gasteiger partial charge on any atom is 0.136 e. The normalized spacial score (nSPS) is 27.5. The molecule has 15 heavy (non-hydrogen) atoms. The molecule has 0 aliphatic heterocycles. The molecule has 0 spiro atoms. The van der Waals surface area contributed by atoms with Gasteiger partial charge in [-0.25, -0.2) is 0 Å². The zero-order valence-corrected chi connectivity index (χ0v) is 9.54. The van der Waals surface area contributed by atoms with E-state index in [9.17, 15) is 4.79 Å². The molecule has 0 radical (unpaired) electrons. The maximum absolute atomic E-state index is 11.2. The third-order valence-corrected chi connectivity index (χ3v) is 3.73. The van der Waals surface area contributed by atoms with E-state index in [1.54, 1.807) is 6.92 Å². The molecule has 1 fully saturated rings. The number of hydrogen-bond donors (Lipinski definition) is 0. The van der Waals surface area contributed by atoms with E-state index < -0.39 is 0 Å². The summed E-state index contributed by atoms with van der Waals surface area (Å²) >= 11 is 0. The summed E-state index contributed by atoms with van der Waals surface area (Å²) in [7, 11) is 0. The molecule has 0 saturated heterocycles. The van der Waals surface area contributed by atoms with Crippen molar-refractivity contribution >= 4 is 5.78 Å². The molecule has 1 atom stereocenters. The Morgan fingerprint density at radius 1 is 1.27 bits per heavy atom. The molecule has 0 amide bonds. The molecule has 0 N–H and O–H groups in total. The highest BCUT2D eigenvalue weighted by atomic mass is 16.1. The van der Waals surface area contributed by atoms with Crippen LogP contribution in [0.3, 0.4) is 0 Å². The average Bonchev–Trinajstić information content (AvgIpc) is 2.30. The van der Waals surface area contributed by atoms with Gasteiger partial charge in [0.05, 0.1) is 0 Å². The molecule has 2 aliphatic carbocycles. The van der Waals surface area contributed by atoms with Gasteiger partial charge in [-0.2, -0.15) is 0 Å². The number of carbonyl (C=O) groups is 1. The zero-order chi connectivity index (χ0) is 10.7. The fourth-order valence-electron chi connectivity index (χ4n) is 2.68. The molecule has 0 bridgehead atoms. The lowest BCUT2D eigenvalue weighted by atomic mass is 9.80. The maximum atomic E-state index is 11.2. The standard InChI is InChI=1S/C14H20O/c1-11(15)12-7-9-14(10-8-12)13-5-3-2-4-6-13/h7,9-10,12-13H,2-6,8H2,1H3. The molecule has 1 heteroatoms. The molecule has 0 heterocycles. The summed E-state index contributed by atoms with van der Waals surface area (Å²) in [5, 5.41) is 0. The van der Waals surface area contributed by atoms with Crippen LogP contribution in [0.5, 0.6) is 0 Å². The van der Waals surface area contributed by atoms with Crippen LogP contribution in [0, 0.1) is 11.8 Å². The highest BCUT2D eigenvalue weighted by molar-refractivity contribution is 5.80. The van der Waals surface area contributed by atoms with Crippen molar-refractivity contribution in [1.29, 1.82) is 0 Å². The number of rotatable bonds is 2. The highest BCUT2D eigenvalue weighted by Crippen LogP contribution is 2.33. The number of hydrogen-bond acceptors (Lipinski definition) is 1. The van der Waals surface area contributed by atoms with Crippen molar-refractivity contribution in [3.63, 3.8) is 0 Å². The molecule has 0 aromatic rings. The Balaban J connectivity index is 1.95. The largest absolute Gasteiger partial charge is 0.299 e. The zero-order valence-electron chi connectivity index (χ0n) is 9.54. The van der Waals surface area contributed by atoms with E-state index in [-0.39, 0.29) is 5.92 Å². The van der Waals surface area contributed by atoms with Gasteiger partial charge >= 0.3 is 0 Å². The fourth-order valence-corrected chi connectivity index (χ4v) is 2.68. The van der Waals surface area contributed by atoms with Gasteiger partial charge in [0.25, 0.3) is 0 Å². The number of carbonyl (C=O) groups excluding carboxylic acids is 1. The van der Waals surface area contributed by atoms with Crippen molar-refractivity contribution < 1.29 is 4.79 Å². The van der Waals surface area contributed by atoms with Gasteiger partial charge in [0.2, 0.25) is 0 Å². The molecule has 1 saturated carbocycles. The first-order chi connectivity index (χ1) is 7.27. The Hall–Kier alpha value is -0.850. The minimum absolute atomic E-state index is 0.150. The van der Waals surface area contributed by atoms with E-state index in [1.165, 1.54) is 37.7 Å². The topological polar surface area (TPSA) is 17.1 Å². The number of allylic oxidation sites excluding steroid dienone is 4. The van der Waals surface area contributed by atoms with Crippen molar-refractivity contribution in [2.24, 2.45) is 11.8 Å². The first-order valence-electron chi connectivity index (χ1n) is 6.16. The number of ketones is 1. The average molecular weight is 204 g/mol. The monoisotopic (exact) mass is 204 g/mol. The summed E-state index contributed by atoms with van der Waals surface area (Å²) in [6, 6.07) is 0. The lowest BCUT2D eigenvalue weighted by molar-refractivity contribution is -0.119. The Labute approximate surface area is 92.3 Å². The minimum atomic E-state index is 0.150. The lowest BCUT2D eigenvalue weighted by Gasteiger charge is -2.25. The van der Waals surface area contributed by atoms with Crippen molar-refractivity contribution in [2.75, 3.05) is 0 Å². The second-order valence-electron chi connectivity index (χ2n) is 4.85. The van der Waals surface area contributed by atoms with Crippen LogP contribution >= 0.6 is 0 Å². The van der Waals surface area contributed by atoms with E-state index >= 15 is 0 Å². The lowest BCUT2D eigenvalue weighted by Crippen LogP contribution is -2.14. The summed E-state index contributed by atoms with van der Waals surface area (Å²) in [6.45, 7) is 1.69. The van der Waals surface area contributed by atoms with Crippen LogP contribution in [0.1, 0.15) is 45.4 Å². The van der Waals surface area contributed by atoms with E-state index in [2.05, 4.69) is 18.2 Å². The van der Waals surface area contributed by atoms with Crippen LogP contribution in [0.25, 0.3) is 0 Å². The van der Waals surface area contributed by atoms with Gasteiger partial charge in [-0.05, 0) is 37.7 Å². The summed E-state index contributed by atoms with van der Waals surface area (Å²) in [4.78, 5) is 11.2. The van der Waals surface area contributed by atoms with Gasteiger partial charge < -0.3 is 0 Å². The van der Waals surface area contributed by atoms with E-state index in [0.29, 0.717) is 5.78 Å². The van der Waals surface area contributed by atoms with Gasteiger partial charge in [-0.15, -0.1) is 0 Å². The van der Waals surface area contributed by atoms with E-state index in [1.807, 2.05) is 0 Å². The third kappa shape index (κ3) is 2.58. The van der Waals surface area contributed by atoms with E-state index in [4.69, 9.17) is 0 Å². The van der Waals surface area contributed by atoms with Crippen molar-refractivity contribution in [3.05, 3.63) is 23.8 Å². The first-order valence-corrected chi connectivity index (χ1v) is 6.16. The van der Waals surface area contributed by atoms with Gasteiger partial charge in [-0.3, -0.25) is 4.79 Å². The molecular weight excluding hydrogens is 184 g/mol. The Kier molecular flexibility index (Phi) is 3.40. The van der Waals surface area contributed by atoms with Gasteiger partial charge in [0, 0.05) is 5.92 Å². The second-order valence-corrected chi connectivity index (χ2v) is 4.85. The third-order valence-electron chi connectivity index (χ3n) is 3.73. The highest BCUT2D eigenvalue weighted by Gasteiger charge is 2.20. The Morgan fingerprint density at radius 3 is 2.53 bits per heavy atom. The first kappa shape index (κ1) is 10.7. The van der Waals surface area contributed by atoms with Crippen LogP contribution < -0.4 is 0 Å². The van der Waals surface area contributed by atoms with Crippen LogP contribution in [0.15, 0.2) is 23.8 Å².